The fourth-order valence-corrected chi connectivity index (χ4v) is 2.75. The molecule has 0 bridgehead atoms. The summed E-state index contributed by atoms with van der Waals surface area (Å²) in [5, 5.41) is 0. The lowest BCUT2D eigenvalue weighted by Gasteiger charge is -2.31. The van der Waals surface area contributed by atoms with Crippen molar-refractivity contribution in [2.24, 2.45) is 0 Å². The quantitative estimate of drug-likeness (QED) is 0.614. The second-order valence-electron chi connectivity index (χ2n) is 5.80. The van der Waals surface area contributed by atoms with Gasteiger partial charge in [-0.3, -0.25) is 14.5 Å². The standard InChI is InChI=1S/C20H18N2O5/c1-21-18(23)15(11-13-9-10-16(26-2)17(12-13)27-3)19(24)22(20(21)25)14-7-5-4-6-8-14/h4-12H,1-3H3. The summed E-state index contributed by atoms with van der Waals surface area (Å²) in [7, 11) is 4.35. The first-order valence-corrected chi connectivity index (χ1v) is 8.13. The Labute approximate surface area is 156 Å². The Bertz CT molecular complexity index is 937. The predicted molar refractivity (Wildman–Crippen MR) is 99.6 cm³/mol. The maximum atomic E-state index is 12.9. The molecule has 7 nitrogen and oxygen atoms in total. The number of imide groups is 2. The number of methoxy groups -OCH3 is 2. The van der Waals surface area contributed by atoms with Crippen molar-refractivity contribution in [2.75, 3.05) is 26.2 Å². The van der Waals surface area contributed by atoms with E-state index in [0.29, 0.717) is 22.7 Å². The van der Waals surface area contributed by atoms with Gasteiger partial charge in [0.05, 0.1) is 19.9 Å². The highest BCUT2D eigenvalue weighted by atomic mass is 16.5. The van der Waals surface area contributed by atoms with Crippen LogP contribution in [0.3, 0.4) is 0 Å². The Balaban J connectivity index is 2.06. The third-order valence-corrected chi connectivity index (χ3v) is 4.18. The molecule has 1 aliphatic rings. The van der Waals surface area contributed by atoms with Crippen molar-refractivity contribution in [1.82, 2.24) is 4.90 Å². The van der Waals surface area contributed by atoms with Crippen LogP contribution in [0.15, 0.2) is 54.1 Å². The number of barbiturate groups is 1. The molecule has 0 atom stereocenters. The van der Waals surface area contributed by atoms with Gasteiger partial charge in [-0.25, -0.2) is 9.69 Å². The second-order valence-corrected chi connectivity index (χ2v) is 5.80. The minimum absolute atomic E-state index is 0.117. The van der Waals surface area contributed by atoms with Gasteiger partial charge in [0.1, 0.15) is 5.57 Å². The van der Waals surface area contributed by atoms with Crippen LogP contribution in [-0.2, 0) is 9.59 Å². The average molecular weight is 366 g/mol. The van der Waals surface area contributed by atoms with Gasteiger partial charge in [0.25, 0.3) is 11.8 Å². The number of ether oxygens (including phenoxy) is 2. The molecule has 0 aromatic heterocycles. The first kappa shape index (κ1) is 18.2. The Kier molecular flexibility index (Phi) is 4.94. The van der Waals surface area contributed by atoms with Crippen molar-refractivity contribution < 1.29 is 23.9 Å². The minimum atomic E-state index is -0.694. The van der Waals surface area contributed by atoms with Crippen molar-refractivity contribution >= 4 is 29.6 Å². The van der Waals surface area contributed by atoms with E-state index in [0.717, 1.165) is 9.80 Å². The van der Waals surface area contributed by atoms with E-state index in [1.165, 1.54) is 27.3 Å². The fourth-order valence-electron chi connectivity index (χ4n) is 2.75. The zero-order chi connectivity index (χ0) is 19.6. The van der Waals surface area contributed by atoms with Crippen LogP contribution in [0.1, 0.15) is 5.56 Å². The first-order chi connectivity index (χ1) is 13.0. The SMILES string of the molecule is COc1ccc(C=C2C(=O)N(C)C(=O)N(c3ccccc3)C2=O)cc1OC. The topological polar surface area (TPSA) is 76.2 Å². The molecule has 27 heavy (non-hydrogen) atoms. The van der Waals surface area contributed by atoms with Gasteiger partial charge in [-0.2, -0.15) is 0 Å². The second kappa shape index (κ2) is 7.33. The number of carbonyl (C=O) groups excluding carboxylic acids is 3. The highest BCUT2D eigenvalue weighted by Gasteiger charge is 2.40. The zero-order valence-corrected chi connectivity index (χ0v) is 15.1. The molecule has 3 rings (SSSR count). The van der Waals surface area contributed by atoms with E-state index in [9.17, 15) is 14.4 Å². The number of nitrogens with zero attached hydrogens (tertiary/aromatic N) is 2. The maximum Gasteiger partial charge on any atom is 0.338 e. The van der Waals surface area contributed by atoms with Gasteiger partial charge in [0.2, 0.25) is 0 Å². The summed E-state index contributed by atoms with van der Waals surface area (Å²) in [6.07, 6.45) is 1.44. The van der Waals surface area contributed by atoms with Crippen LogP contribution in [-0.4, -0.2) is 44.0 Å². The largest absolute Gasteiger partial charge is 0.493 e. The maximum absolute atomic E-state index is 12.9. The van der Waals surface area contributed by atoms with Gasteiger partial charge in [-0.15, -0.1) is 0 Å². The van der Waals surface area contributed by atoms with Crippen molar-refractivity contribution in [1.29, 1.82) is 0 Å². The minimum Gasteiger partial charge on any atom is -0.493 e. The van der Waals surface area contributed by atoms with Gasteiger partial charge >= 0.3 is 6.03 Å². The predicted octanol–water partition coefficient (Wildman–Crippen LogP) is 2.71. The number of carbonyl (C=O) groups is 3. The van der Waals surface area contributed by atoms with E-state index >= 15 is 0 Å². The number of para-hydroxylation sites is 1. The molecule has 1 aliphatic heterocycles. The van der Waals surface area contributed by atoms with E-state index in [2.05, 4.69) is 0 Å². The number of rotatable bonds is 4. The summed E-state index contributed by atoms with van der Waals surface area (Å²) in [6.45, 7) is 0. The summed E-state index contributed by atoms with van der Waals surface area (Å²) < 4.78 is 10.4. The van der Waals surface area contributed by atoms with Crippen LogP contribution in [0.2, 0.25) is 0 Å². The third kappa shape index (κ3) is 3.27. The summed E-state index contributed by atoms with van der Waals surface area (Å²) in [4.78, 5) is 39.8. The van der Waals surface area contributed by atoms with Crippen molar-refractivity contribution in [3.63, 3.8) is 0 Å². The molecule has 2 aromatic rings. The highest BCUT2D eigenvalue weighted by Crippen LogP contribution is 2.30. The zero-order valence-electron chi connectivity index (χ0n) is 15.1. The lowest BCUT2D eigenvalue weighted by atomic mass is 10.1. The molecular weight excluding hydrogens is 348 g/mol. The van der Waals surface area contributed by atoms with Crippen LogP contribution in [0.25, 0.3) is 6.08 Å². The van der Waals surface area contributed by atoms with E-state index in [-0.39, 0.29) is 5.57 Å². The molecule has 1 fully saturated rings. The third-order valence-electron chi connectivity index (χ3n) is 4.18. The molecule has 0 spiro atoms. The Morgan fingerprint density at radius 1 is 0.852 bits per heavy atom. The highest BCUT2D eigenvalue weighted by molar-refractivity contribution is 6.39. The fraction of sp³-hybridized carbons (Fsp3) is 0.150. The molecular formula is C20H18N2O5. The van der Waals surface area contributed by atoms with Gasteiger partial charge in [-0.1, -0.05) is 24.3 Å². The molecule has 2 aromatic carbocycles. The van der Waals surface area contributed by atoms with Crippen LogP contribution < -0.4 is 14.4 Å². The Hall–Kier alpha value is -3.61. The molecule has 1 heterocycles. The first-order valence-electron chi connectivity index (χ1n) is 8.13. The molecule has 0 radical (unpaired) electrons. The summed E-state index contributed by atoms with van der Waals surface area (Å²) >= 11 is 0. The lowest BCUT2D eigenvalue weighted by molar-refractivity contribution is -0.128. The Morgan fingerprint density at radius 2 is 1.52 bits per heavy atom. The van der Waals surface area contributed by atoms with E-state index in [1.807, 2.05) is 0 Å². The molecule has 0 unspecified atom stereocenters. The molecule has 0 aliphatic carbocycles. The molecule has 7 heteroatoms. The van der Waals surface area contributed by atoms with Crippen LogP contribution >= 0.6 is 0 Å². The normalized spacial score (nSPS) is 16.1. The molecule has 0 N–H and O–H groups in total. The van der Waals surface area contributed by atoms with Gasteiger partial charge in [-0.05, 0) is 35.9 Å². The van der Waals surface area contributed by atoms with Crippen LogP contribution in [0, 0.1) is 0 Å². The van der Waals surface area contributed by atoms with Crippen molar-refractivity contribution in [3.05, 3.63) is 59.7 Å². The summed E-state index contributed by atoms with van der Waals surface area (Å²) in [6, 6.07) is 12.8. The molecule has 0 saturated carbocycles. The van der Waals surface area contributed by atoms with E-state index in [1.54, 1.807) is 48.5 Å². The molecule has 1 saturated heterocycles. The van der Waals surface area contributed by atoms with Crippen LogP contribution in [0.4, 0.5) is 10.5 Å². The number of hydrogen-bond donors (Lipinski definition) is 0. The van der Waals surface area contributed by atoms with E-state index in [4.69, 9.17) is 9.47 Å². The smallest absolute Gasteiger partial charge is 0.338 e. The number of anilines is 1. The number of hydrogen-bond acceptors (Lipinski definition) is 5. The van der Waals surface area contributed by atoms with Gasteiger partial charge in [0.15, 0.2) is 11.5 Å². The van der Waals surface area contributed by atoms with Gasteiger partial charge < -0.3 is 9.47 Å². The van der Waals surface area contributed by atoms with Gasteiger partial charge in [0, 0.05) is 7.05 Å². The van der Waals surface area contributed by atoms with Crippen LogP contribution in [0.5, 0.6) is 11.5 Å². The van der Waals surface area contributed by atoms with E-state index < -0.39 is 17.8 Å². The average Bonchev–Trinajstić information content (AvgIpc) is 2.70. The number of urea groups is 1. The van der Waals surface area contributed by atoms with Crippen molar-refractivity contribution in [3.8, 4) is 11.5 Å². The number of likely N-dealkylation sites (N-methyl/N-ethyl adjacent to an activating group) is 1. The Morgan fingerprint density at radius 3 is 2.15 bits per heavy atom. The monoisotopic (exact) mass is 366 g/mol. The van der Waals surface area contributed by atoms with Crippen molar-refractivity contribution in [2.45, 2.75) is 0 Å². The number of benzene rings is 2. The number of amides is 4. The summed E-state index contributed by atoms with van der Waals surface area (Å²) in [5.74, 6) is -0.345. The molecule has 4 amide bonds. The lowest BCUT2D eigenvalue weighted by Crippen LogP contribution is -2.55. The molecule has 138 valence electrons. The summed E-state index contributed by atoms with van der Waals surface area (Å²) in [5.41, 5.74) is 0.846.